The third-order valence-electron chi connectivity index (χ3n) is 6.26. The first kappa shape index (κ1) is 20.6. The Labute approximate surface area is 182 Å². The molecule has 0 fully saturated rings. The summed E-state index contributed by atoms with van der Waals surface area (Å²) in [5.41, 5.74) is 4.27. The number of nitrogens with one attached hydrogen (secondary N) is 1. The molecule has 5 rings (SSSR count). The number of fused-ring (bicyclic) bond motifs is 3. The van der Waals surface area contributed by atoms with Crippen molar-refractivity contribution in [1.29, 1.82) is 0 Å². The van der Waals surface area contributed by atoms with Crippen LogP contribution in [-0.4, -0.2) is 22.2 Å². The molecule has 7 heteroatoms. The van der Waals surface area contributed by atoms with Crippen molar-refractivity contribution in [1.82, 2.24) is 14.5 Å². The number of halogens is 3. The monoisotopic (exact) mass is 437 g/mol. The molecule has 1 N–H and O–H groups in total. The van der Waals surface area contributed by atoms with Crippen molar-refractivity contribution in [2.45, 2.75) is 19.0 Å². The van der Waals surface area contributed by atoms with Gasteiger partial charge in [-0.25, -0.2) is 0 Å². The number of nitrogens with zero attached hydrogens (tertiary/aromatic N) is 2. The topological polar surface area (TPSA) is 39.0 Å². The summed E-state index contributed by atoms with van der Waals surface area (Å²) in [7, 11) is 2.05. The number of rotatable bonds is 2. The number of hydrogen-bond acceptors (Lipinski definition) is 2. The summed E-state index contributed by atoms with van der Waals surface area (Å²) in [6, 6.07) is 14.1. The minimum Gasteiger partial charge on any atom is -0.347 e. The van der Waals surface area contributed by atoms with Crippen LogP contribution >= 0.6 is 0 Å². The fraction of sp³-hybridized carbons (Fsp3) is 0.240. The van der Waals surface area contributed by atoms with Crippen LogP contribution in [0.15, 0.2) is 65.6 Å². The van der Waals surface area contributed by atoms with E-state index >= 15 is 0 Å². The molecule has 0 aliphatic carbocycles. The molecular weight excluding hydrogens is 415 g/mol. The summed E-state index contributed by atoms with van der Waals surface area (Å²) in [6.45, 7) is 1.89. The van der Waals surface area contributed by atoms with Gasteiger partial charge in [0.2, 0.25) is 0 Å². The van der Waals surface area contributed by atoms with Crippen LogP contribution in [-0.2, 0) is 26.1 Å². The minimum atomic E-state index is -4.41. The van der Waals surface area contributed by atoms with Crippen molar-refractivity contribution in [2.75, 3.05) is 13.1 Å². The predicted molar refractivity (Wildman–Crippen MR) is 119 cm³/mol. The van der Waals surface area contributed by atoms with Crippen molar-refractivity contribution in [3.63, 3.8) is 0 Å². The van der Waals surface area contributed by atoms with Crippen molar-refractivity contribution >= 4 is 10.9 Å². The van der Waals surface area contributed by atoms with Gasteiger partial charge in [0.25, 0.3) is 5.56 Å². The highest BCUT2D eigenvalue weighted by atomic mass is 19.4. The Morgan fingerprint density at radius 2 is 1.72 bits per heavy atom. The van der Waals surface area contributed by atoms with Crippen molar-refractivity contribution < 1.29 is 13.2 Å². The Kier molecular flexibility index (Phi) is 4.93. The molecule has 1 aliphatic heterocycles. The van der Waals surface area contributed by atoms with Crippen LogP contribution < -0.4 is 10.9 Å². The summed E-state index contributed by atoms with van der Waals surface area (Å²) in [6.07, 6.45) is -0.794. The lowest BCUT2D eigenvalue weighted by Crippen LogP contribution is -2.19. The van der Waals surface area contributed by atoms with Crippen LogP contribution in [0.2, 0.25) is 0 Å². The minimum absolute atomic E-state index is 0.272. The molecule has 0 saturated heterocycles. The molecule has 2 aromatic carbocycles. The first-order valence-corrected chi connectivity index (χ1v) is 10.5. The maximum absolute atomic E-state index is 13.2. The highest BCUT2D eigenvalue weighted by Crippen LogP contribution is 2.31. The van der Waals surface area contributed by atoms with Gasteiger partial charge in [0, 0.05) is 42.9 Å². The molecule has 0 atom stereocenters. The Morgan fingerprint density at radius 1 is 0.969 bits per heavy atom. The molecule has 32 heavy (non-hydrogen) atoms. The number of aromatic nitrogens is 2. The van der Waals surface area contributed by atoms with Gasteiger partial charge in [-0.1, -0.05) is 18.2 Å². The Hall–Kier alpha value is -3.32. The fourth-order valence-electron chi connectivity index (χ4n) is 4.60. The summed E-state index contributed by atoms with van der Waals surface area (Å²) < 4.78 is 42.4. The lowest BCUT2D eigenvalue weighted by Gasteiger charge is -2.11. The summed E-state index contributed by atoms with van der Waals surface area (Å²) in [5.74, 6) is 0. The van der Waals surface area contributed by atoms with Crippen molar-refractivity contribution in [3.05, 3.63) is 88.0 Å². The number of aryl methyl sites for hydroxylation is 1. The first-order chi connectivity index (χ1) is 15.3. The van der Waals surface area contributed by atoms with Gasteiger partial charge in [0.15, 0.2) is 0 Å². The standard InChI is InChI=1S/C25H22F3N3O/c1-30-22-11-13-29-12-10-21(22)20-9-8-18(15-23(20)30)31-14-2-3-19(24(31)32)16-4-6-17(7-5-16)25(26,27)28/h2-9,14-15,29H,10-13H2,1H3. The van der Waals surface area contributed by atoms with Crippen molar-refractivity contribution in [2.24, 2.45) is 7.05 Å². The van der Waals surface area contributed by atoms with E-state index in [9.17, 15) is 18.0 Å². The van der Waals surface area contributed by atoms with E-state index < -0.39 is 11.7 Å². The lowest BCUT2D eigenvalue weighted by atomic mass is 10.0. The molecule has 0 amide bonds. The van der Waals surface area contributed by atoms with E-state index in [1.165, 1.54) is 28.8 Å². The van der Waals surface area contributed by atoms with Crippen molar-refractivity contribution in [3.8, 4) is 16.8 Å². The number of benzene rings is 2. The van der Waals surface area contributed by atoms with Crippen LogP contribution in [0.1, 0.15) is 16.8 Å². The van der Waals surface area contributed by atoms with Crippen LogP contribution in [0, 0.1) is 0 Å². The molecule has 2 aromatic heterocycles. The molecule has 164 valence electrons. The van der Waals surface area contributed by atoms with E-state index in [1.54, 1.807) is 22.9 Å². The van der Waals surface area contributed by atoms with Crippen LogP contribution in [0.25, 0.3) is 27.7 Å². The largest absolute Gasteiger partial charge is 0.416 e. The first-order valence-electron chi connectivity index (χ1n) is 10.5. The smallest absolute Gasteiger partial charge is 0.347 e. The van der Waals surface area contributed by atoms with E-state index in [0.717, 1.165) is 49.3 Å². The zero-order chi connectivity index (χ0) is 22.5. The predicted octanol–water partition coefficient (Wildman–Crippen LogP) is 4.70. The Balaban J connectivity index is 1.59. The maximum Gasteiger partial charge on any atom is 0.416 e. The van der Waals surface area contributed by atoms with Gasteiger partial charge in [0.05, 0.1) is 16.8 Å². The molecule has 0 unspecified atom stereocenters. The van der Waals surface area contributed by atoms with E-state index in [4.69, 9.17) is 0 Å². The average Bonchev–Trinajstić information content (AvgIpc) is 2.93. The quantitative estimate of drug-likeness (QED) is 0.494. The fourth-order valence-corrected chi connectivity index (χ4v) is 4.60. The number of alkyl halides is 3. The Bertz CT molecular complexity index is 1360. The third-order valence-corrected chi connectivity index (χ3v) is 6.26. The highest BCUT2D eigenvalue weighted by molar-refractivity contribution is 5.87. The van der Waals surface area contributed by atoms with Crippen LogP contribution in [0.4, 0.5) is 13.2 Å². The molecule has 3 heterocycles. The van der Waals surface area contributed by atoms with Gasteiger partial charge in [-0.2, -0.15) is 13.2 Å². The SMILES string of the molecule is Cn1c2c(c3ccc(-n4cccc(-c5ccc(C(F)(F)F)cc5)c4=O)cc31)CCNCC2. The molecule has 0 radical (unpaired) electrons. The Morgan fingerprint density at radius 3 is 2.47 bits per heavy atom. The van der Waals surface area contributed by atoms with Gasteiger partial charge in [-0.15, -0.1) is 0 Å². The highest BCUT2D eigenvalue weighted by Gasteiger charge is 2.30. The normalized spacial score (nSPS) is 14.4. The second kappa shape index (κ2) is 7.67. The van der Waals surface area contributed by atoms with Gasteiger partial charge >= 0.3 is 6.18 Å². The molecule has 0 spiro atoms. The second-order valence-corrected chi connectivity index (χ2v) is 8.11. The summed E-state index contributed by atoms with van der Waals surface area (Å²) in [5, 5.41) is 4.63. The zero-order valence-electron chi connectivity index (χ0n) is 17.5. The molecule has 1 aliphatic rings. The van der Waals surface area contributed by atoms with Gasteiger partial charge < -0.3 is 9.88 Å². The molecule has 0 bridgehead atoms. The van der Waals surface area contributed by atoms with Crippen LogP contribution in [0.3, 0.4) is 0 Å². The van der Waals surface area contributed by atoms with E-state index in [-0.39, 0.29) is 5.56 Å². The van der Waals surface area contributed by atoms with Gasteiger partial charge in [-0.3, -0.25) is 9.36 Å². The second-order valence-electron chi connectivity index (χ2n) is 8.11. The number of hydrogen-bond donors (Lipinski definition) is 1. The summed E-state index contributed by atoms with van der Waals surface area (Å²) >= 11 is 0. The molecule has 4 nitrogen and oxygen atoms in total. The maximum atomic E-state index is 13.2. The zero-order valence-corrected chi connectivity index (χ0v) is 17.5. The van der Waals surface area contributed by atoms with E-state index in [1.807, 2.05) is 12.1 Å². The summed E-state index contributed by atoms with van der Waals surface area (Å²) in [4.78, 5) is 13.2. The van der Waals surface area contributed by atoms with Gasteiger partial charge in [-0.05, 0) is 60.5 Å². The third kappa shape index (κ3) is 3.42. The van der Waals surface area contributed by atoms with Gasteiger partial charge in [0.1, 0.15) is 0 Å². The average molecular weight is 437 g/mol. The van der Waals surface area contributed by atoms with Crippen LogP contribution in [0.5, 0.6) is 0 Å². The molecular formula is C25H22F3N3O. The molecule has 4 aromatic rings. The molecule has 0 saturated carbocycles. The number of pyridine rings is 1. The van der Waals surface area contributed by atoms with E-state index in [0.29, 0.717) is 11.1 Å². The van der Waals surface area contributed by atoms with E-state index in [2.05, 4.69) is 23.0 Å². The lowest BCUT2D eigenvalue weighted by molar-refractivity contribution is -0.137.